The Hall–Kier alpha value is -3.08. The first kappa shape index (κ1) is 20.0. The standard InChI is InChI=1S/C17H21N3O5/c1-17(2,3)25-16(24)20-13(15(22)23)10-11-4-6-12(7-5-11)19-14(21)8-9-18/h4-7,13H,8,10H2,1-3H3,(H,19,21)(H,20,24)(H,22,23). The predicted octanol–water partition coefficient (Wildman–Crippen LogP) is 2.06. The van der Waals surface area contributed by atoms with Crippen LogP contribution in [0, 0.1) is 11.3 Å². The van der Waals surface area contributed by atoms with Crippen LogP contribution in [-0.2, 0) is 20.7 Å². The van der Waals surface area contributed by atoms with Crippen LogP contribution in [0.4, 0.5) is 10.5 Å². The molecule has 0 spiro atoms. The van der Waals surface area contributed by atoms with Crippen LogP contribution in [0.15, 0.2) is 24.3 Å². The van der Waals surface area contributed by atoms with E-state index in [1.165, 1.54) is 0 Å². The van der Waals surface area contributed by atoms with Crippen LogP contribution in [0.3, 0.4) is 0 Å². The van der Waals surface area contributed by atoms with E-state index in [1.54, 1.807) is 51.1 Å². The lowest BCUT2D eigenvalue weighted by molar-refractivity contribution is -0.139. The predicted molar refractivity (Wildman–Crippen MR) is 89.8 cm³/mol. The van der Waals surface area contributed by atoms with Crippen molar-refractivity contribution in [1.82, 2.24) is 5.32 Å². The van der Waals surface area contributed by atoms with E-state index < -0.39 is 29.6 Å². The number of aliphatic carboxylic acids is 1. The topological polar surface area (TPSA) is 129 Å². The largest absolute Gasteiger partial charge is 0.480 e. The molecular weight excluding hydrogens is 326 g/mol. The summed E-state index contributed by atoms with van der Waals surface area (Å²) >= 11 is 0. The van der Waals surface area contributed by atoms with Crippen LogP contribution < -0.4 is 10.6 Å². The molecule has 3 N–H and O–H groups in total. The van der Waals surface area contributed by atoms with Crippen molar-refractivity contribution in [2.75, 3.05) is 5.32 Å². The number of benzene rings is 1. The van der Waals surface area contributed by atoms with E-state index in [-0.39, 0.29) is 12.8 Å². The van der Waals surface area contributed by atoms with E-state index >= 15 is 0 Å². The Labute approximate surface area is 145 Å². The van der Waals surface area contributed by atoms with Gasteiger partial charge in [-0.15, -0.1) is 0 Å². The van der Waals surface area contributed by atoms with Gasteiger partial charge in [0.05, 0.1) is 6.07 Å². The number of carboxylic acid groups (broad SMARTS) is 1. The van der Waals surface area contributed by atoms with Gasteiger partial charge in [0, 0.05) is 12.1 Å². The first-order valence-electron chi connectivity index (χ1n) is 7.59. The molecule has 0 fully saturated rings. The number of nitriles is 1. The maximum absolute atomic E-state index is 11.7. The number of carbonyl (C=O) groups excluding carboxylic acids is 2. The summed E-state index contributed by atoms with van der Waals surface area (Å²) in [5.74, 6) is -1.61. The van der Waals surface area contributed by atoms with Crippen molar-refractivity contribution < 1.29 is 24.2 Å². The average molecular weight is 347 g/mol. The number of ether oxygens (including phenoxy) is 1. The summed E-state index contributed by atoms with van der Waals surface area (Å²) in [4.78, 5) is 34.4. The molecule has 2 amide bonds. The highest BCUT2D eigenvalue weighted by molar-refractivity contribution is 5.92. The summed E-state index contributed by atoms with van der Waals surface area (Å²) in [6, 6.07) is 7.05. The molecule has 25 heavy (non-hydrogen) atoms. The number of nitrogens with zero attached hydrogens (tertiary/aromatic N) is 1. The smallest absolute Gasteiger partial charge is 0.408 e. The molecule has 1 aromatic carbocycles. The molecule has 0 aliphatic carbocycles. The Morgan fingerprint density at radius 1 is 1.24 bits per heavy atom. The summed E-state index contributed by atoms with van der Waals surface area (Å²) in [6.45, 7) is 5.05. The fourth-order valence-electron chi connectivity index (χ4n) is 1.89. The van der Waals surface area contributed by atoms with Crippen LogP contribution in [0.1, 0.15) is 32.8 Å². The van der Waals surface area contributed by atoms with Gasteiger partial charge in [0.15, 0.2) is 0 Å². The fourth-order valence-corrected chi connectivity index (χ4v) is 1.89. The van der Waals surface area contributed by atoms with Crippen molar-refractivity contribution in [3.05, 3.63) is 29.8 Å². The number of amides is 2. The van der Waals surface area contributed by atoms with Crippen LogP contribution in [0.25, 0.3) is 0 Å². The van der Waals surface area contributed by atoms with E-state index in [9.17, 15) is 19.5 Å². The van der Waals surface area contributed by atoms with Gasteiger partial charge >= 0.3 is 12.1 Å². The van der Waals surface area contributed by atoms with Crippen molar-refractivity contribution in [3.63, 3.8) is 0 Å². The first-order chi connectivity index (χ1) is 11.6. The molecule has 134 valence electrons. The zero-order valence-electron chi connectivity index (χ0n) is 14.3. The highest BCUT2D eigenvalue weighted by Gasteiger charge is 2.24. The highest BCUT2D eigenvalue weighted by atomic mass is 16.6. The molecular formula is C17H21N3O5. The molecule has 0 aliphatic heterocycles. The first-order valence-corrected chi connectivity index (χ1v) is 7.59. The van der Waals surface area contributed by atoms with Crippen LogP contribution in [0.5, 0.6) is 0 Å². The van der Waals surface area contributed by atoms with Crippen molar-refractivity contribution in [2.45, 2.75) is 45.3 Å². The molecule has 1 rings (SSSR count). The average Bonchev–Trinajstić information content (AvgIpc) is 2.46. The van der Waals surface area contributed by atoms with E-state index in [0.717, 1.165) is 0 Å². The van der Waals surface area contributed by atoms with E-state index in [4.69, 9.17) is 10.00 Å². The third-order valence-electron chi connectivity index (χ3n) is 2.91. The number of nitrogens with one attached hydrogen (secondary N) is 2. The summed E-state index contributed by atoms with van der Waals surface area (Å²) < 4.78 is 5.05. The number of rotatable bonds is 6. The van der Waals surface area contributed by atoms with Gasteiger partial charge in [-0.25, -0.2) is 9.59 Å². The minimum absolute atomic E-state index is 0.0565. The summed E-state index contributed by atoms with van der Waals surface area (Å²) in [6.07, 6.45) is -0.996. The lowest BCUT2D eigenvalue weighted by atomic mass is 10.1. The molecule has 0 aliphatic rings. The van der Waals surface area contributed by atoms with Crippen molar-refractivity contribution in [1.29, 1.82) is 5.26 Å². The maximum Gasteiger partial charge on any atom is 0.408 e. The zero-order chi connectivity index (χ0) is 19.0. The third-order valence-corrected chi connectivity index (χ3v) is 2.91. The van der Waals surface area contributed by atoms with Gasteiger partial charge in [-0.3, -0.25) is 4.79 Å². The van der Waals surface area contributed by atoms with Crippen molar-refractivity contribution in [2.24, 2.45) is 0 Å². The maximum atomic E-state index is 11.7. The monoisotopic (exact) mass is 347 g/mol. The molecule has 0 heterocycles. The minimum Gasteiger partial charge on any atom is -0.480 e. The number of anilines is 1. The Morgan fingerprint density at radius 3 is 2.32 bits per heavy atom. The molecule has 8 nitrogen and oxygen atoms in total. The second-order valence-electron chi connectivity index (χ2n) is 6.32. The van der Waals surface area contributed by atoms with E-state index in [1.807, 2.05) is 0 Å². The Kier molecular flexibility index (Phi) is 6.93. The third kappa shape index (κ3) is 7.83. The molecule has 0 bridgehead atoms. The van der Waals surface area contributed by atoms with E-state index in [2.05, 4.69) is 10.6 Å². The molecule has 0 saturated carbocycles. The number of alkyl carbamates (subject to hydrolysis) is 1. The number of hydrogen-bond donors (Lipinski definition) is 3. The molecule has 0 saturated heterocycles. The van der Waals surface area contributed by atoms with Gasteiger partial charge in [0.25, 0.3) is 0 Å². The second kappa shape index (κ2) is 8.68. The zero-order valence-corrected chi connectivity index (χ0v) is 14.3. The summed E-state index contributed by atoms with van der Waals surface area (Å²) in [5, 5.41) is 22.6. The highest BCUT2D eigenvalue weighted by Crippen LogP contribution is 2.12. The van der Waals surface area contributed by atoms with Gasteiger partial charge in [0.2, 0.25) is 5.91 Å². The molecule has 1 unspecified atom stereocenters. The van der Waals surface area contributed by atoms with Crippen molar-refractivity contribution in [3.8, 4) is 6.07 Å². The van der Waals surface area contributed by atoms with Crippen LogP contribution >= 0.6 is 0 Å². The van der Waals surface area contributed by atoms with Crippen molar-refractivity contribution >= 4 is 23.7 Å². The molecule has 0 aromatic heterocycles. The van der Waals surface area contributed by atoms with Gasteiger partial charge in [-0.2, -0.15) is 5.26 Å². The molecule has 8 heteroatoms. The van der Waals surface area contributed by atoms with Gasteiger partial charge < -0.3 is 20.5 Å². The SMILES string of the molecule is CC(C)(C)OC(=O)NC(Cc1ccc(NC(=O)CC#N)cc1)C(=O)O. The Balaban J connectivity index is 2.70. The van der Waals surface area contributed by atoms with Crippen LogP contribution in [0.2, 0.25) is 0 Å². The molecule has 0 radical (unpaired) electrons. The van der Waals surface area contributed by atoms with E-state index in [0.29, 0.717) is 11.3 Å². The Bertz CT molecular complexity index is 671. The van der Waals surface area contributed by atoms with Gasteiger partial charge in [-0.1, -0.05) is 12.1 Å². The van der Waals surface area contributed by atoms with Crippen LogP contribution in [-0.4, -0.2) is 34.7 Å². The Morgan fingerprint density at radius 2 is 1.84 bits per heavy atom. The number of carbonyl (C=O) groups is 3. The van der Waals surface area contributed by atoms with Gasteiger partial charge in [0.1, 0.15) is 18.1 Å². The second-order valence-corrected chi connectivity index (χ2v) is 6.32. The summed E-state index contributed by atoms with van der Waals surface area (Å²) in [7, 11) is 0. The summed E-state index contributed by atoms with van der Waals surface area (Å²) in [5.41, 5.74) is 0.425. The normalized spacial score (nSPS) is 11.8. The lowest BCUT2D eigenvalue weighted by Crippen LogP contribution is -2.44. The van der Waals surface area contributed by atoms with Gasteiger partial charge in [-0.05, 0) is 38.5 Å². The lowest BCUT2D eigenvalue weighted by Gasteiger charge is -2.22. The number of hydrogen-bond acceptors (Lipinski definition) is 5. The molecule has 1 atom stereocenters. The minimum atomic E-state index is -1.18. The quantitative estimate of drug-likeness (QED) is 0.722. The fraction of sp³-hybridized carbons (Fsp3) is 0.412. The number of carboxylic acids is 1. The molecule has 1 aromatic rings.